The van der Waals surface area contributed by atoms with Crippen LogP contribution >= 0.6 is 11.8 Å². The van der Waals surface area contributed by atoms with Gasteiger partial charge in [0.05, 0.1) is 6.26 Å². The van der Waals surface area contributed by atoms with E-state index >= 15 is 0 Å². The van der Waals surface area contributed by atoms with Gasteiger partial charge < -0.3 is 13.9 Å². The lowest BCUT2D eigenvalue weighted by atomic mass is 9.53. The highest BCUT2D eigenvalue weighted by Gasteiger charge is 2.57. The maximum atomic E-state index is 12.8. The number of hydrogen-bond donors (Lipinski definition) is 0. The number of allylic oxidation sites excluding steroid dienone is 1. The summed E-state index contributed by atoms with van der Waals surface area (Å²) in [4.78, 5) is 25.0. The summed E-state index contributed by atoms with van der Waals surface area (Å²) < 4.78 is 17.8. The third kappa shape index (κ3) is 3.98. The molecule has 1 heterocycles. The zero-order chi connectivity index (χ0) is 22.1. The second kappa shape index (κ2) is 9.04. The molecule has 1 saturated carbocycles. The van der Waals surface area contributed by atoms with Crippen LogP contribution in [0.4, 0.5) is 0 Å². The van der Waals surface area contributed by atoms with E-state index in [0.717, 1.165) is 36.1 Å². The molecule has 2 aliphatic rings. The average Bonchev–Trinajstić information content (AvgIpc) is 3.09. The number of rotatable bonds is 5. The Morgan fingerprint density at radius 3 is 2.70 bits per heavy atom. The number of carbonyl (C=O) groups is 2. The lowest BCUT2D eigenvalue weighted by Crippen LogP contribution is -2.53. The lowest BCUT2D eigenvalue weighted by Gasteiger charge is -2.54. The van der Waals surface area contributed by atoms with Crippen molar-refractivity contribution in [2.75, 3.05) is 6.26 Å². The summed E-state index contributed by atoms with van der Waals surface area (Å²) in [6.45, 7) is 9.89. The van der Waals surface area contributed by atoms with Crippen LogP contribution < -0.4 is 0 Å². The maximum absolute atomic E-state index is 12.8. The van der Waals surface area contributed by atoms with E-state index < -0.39 is 6.10 Å². The second-order valence-corrected chi connectivity index (χ2v) is 9.40. The van der Waals surface area contributed by atoms with E-state index in [1.807, 2.05) is 20.1 Å². The molecule has 30 heavy (non-hydrogen) atoms. The molecule has 6 heteroatoms. The highest BCUT2D eigenvalue weighted by molar-refractivity contribution is 8.01. The van der Waals surface area contributed by atoms with E-state index in [4.69, 9.17) is 13.9 Å². The van der Waals surface area contributed by atoms with E-state index in [-0.39, 0.29) is 35.3 Å². The number of furan rings is 1. The molecule has 1 aromatic rings. The first-order chi connectivity index (χ1) is 14.2. The van der Waals surface area contributed by atoms with Crippen molar-refractivity contribution in [3.05, 3.63) is 46.3 Å². The summed E-state index contributed by atoms with van der Waals surface area (Å²) in [5, 5.41) is 1.73. The van der Waals surface area contributed by atoms with Crippen LogP contribution in [0.3, 0.4) is 0 Å². The topological polar surface area (TPSA) is 65.7 Å². The van der Waals surface area contributed by atoms with Crippen molar-refractivity contribution < 1.29 is 23.5 Å². The average molecular weight is 433 g/mol. The first-order valence-electron chi connectivity index (χ1n) is 10.5. The summed E-state index contributed by atoms with van der Waals surface area (Å²) in [5.74, 6) is 0.583. The zero-order valence-electron chi connectivity index (χ0n) is 18.7. The Morgan fingerprint density at radius 2 is 2.03 bits per heavy atom. The molecule has 164 valence electrons. The Hall–Kier alpha value is -1.95. The smallest absolute Gasteiger partial charge is 0.334 e. The van der Waals surface area contributed by atoms with Crippen LogP contribution in [-0.4, -0.2) is 24.3 Å². The van der Waals surface area contributed by atoms with E-state index in [0.29, 0.717) is 5.57 Å². The lowest BCUT2D eigenvalue weighted by molar-refractivity contribution is -0.183. The molecule has 0 spiro atoms. The van der Waals surface area contributed by atoms with Gasteiger partial charge in [0.2, 0.25) is 0 Å². The van der Waals surface area contributed by atoms with Gasteiger partial charge in [-0.05, 0) is 56.8 Å². The van der Waals surface area contributed by atoms with Crippen LogP contribution in [0.5, 0.6) is 0 Å². The van der Waals surface area contributed by atoms with E-state index in [9.17, 15) is 9.59 Å². The number of thioether (sulfide) groups is 1. The van der Waals surface area contributed by atoms with Crippen molar-refractivity contribution in [2.45, 2.75) is 66.1 Å². The molecule has 5 nitrogen and oxygen atoms in total. The molecule has 0 aliphatic heterocycles. The molecule has 0 aromatic carbocycles. The molecular formula is C24H32O5S. The highest BCUT2D eigenvalue weighted by atomic mass is 32.2. The molecule has 0 saturated heterocycles. The fraction of sp³-hybridized carbons (Fsp3) is 0.583. The molecular weight excluding hydrogens is 400 g/mol. The summed E-state index contributed by atoms with van der Waals surface area (Å²) in [7, 11) is 0. The van der Waals surface area contributed by atoms with Crippen LogP contribution in [0, 0.1) is 24.2 Å². The molecule has 0 bridgehead atoms. The van der Waals surface area contributed by atoms with E-state index in [2.05, 4.69) is 13.8 Å². The van der Waals surface area contributed by atoms with E-state index in [1.165, 1.54) is 17.8 Å². The van der Waals surface area contributed by atoms with Crippen molar-refractivity contribution in [2.24, 2.45) is 17.3 Å². The fourth-order valence-electron chi connectivity index (χ4n) is 5.00. The van der Waals surface area contributed by atoms with Gasteiger partial charge in [0, 0.05) is 35.0 Å². The van der Waals surface area contributed by atoms with Gasteiger partial charge >= 0.3 is 11.9 Å². The molecule has 3 rings (SSSR count). The van der Waals surface area contributed by atoms with Crippen LogP contribution in [-0.2, 0) is 25.5 Å². The second-order valence-electron chi connectivity index (χ2n) is 8.66. The summed E-state index contributed by atoms with van der Waals surface area (Å²) >= 11 is 1.46. The van der Waals surface area contributed by atoms with Crippen LogP contribution in [0.1, 0.15) is 63.5 Å². The number of fused-ring (bicyclic) bond motifs is 2. The molecule has 5 atom stereocenters. The number of carbonyl (C=O) groups excluding carboxylic acids is 2. The normalized spacial score (nSPS) is 31.2. The minimum absolute atomic E-state index is 0.0223. The van der Waals surface area contributed by atoms with Crippen molar-refractivity contribution >= 4 is 23.7 Å². The van der Waals surface area contributed by atoms with Gasteiger partial charge in [-0.15, -0.1) is 11.8 Å². The third-order valence-electron chi connectivity index (χ3n) is 7.17. The molecule has 0 amide bonds. The molecule has 1 aromatic heterocycles. The van der Waals surface area contributed by atoms with Gasteiger partial charge in [-0.2, -0.15) is 0 Å². The minimum atomic E-state index is -0.439. The molecule has 0 N–H and O–H groups in total. The fourth-order valence-corrected chi connectivity index (χ4v) is 5.25. The third-order valence-corrected chi connectivity index (χ3v) is 7.58. The van der Waals surface area contributed by atoms with Gasteiger partial charge in [0.15, 0.2) is 0 Å². The number of aryl methyl sites for hydroxylation is 1. The monoisotopic (exact) mass is 432 g/mol. The van der Waals surface area contributed by atoms with Crippen LogP contribution in [0.2, 0.25) is 0 Å². The first kappa shape index (κ1) is 22.7. The van der Waals surface area contributed by atoms with Gasteiger partial charge in [-0.3, -0.25) is 0 Å². The quantitative estimate of drug-likeness (QED) is 0.450. The Balaban J connectivity index is 1.97. The van der Waals surface area contributed by atoms with Crippen molar-refractivity contribution in [1.29, 1.82) is 0 Å². The predicted molar refractivity (Wildman–Crippen MR) is 118 cm³/mol. The molecule has 2 aliphatic carbocycles. The summed E-state index contributed by atoms with van der Waals surface area (Å²) in [6, 6.07) is 0. The van der Waals surface area contributed by atoms with Gasteiger partial charge in [0.25, 0.3) is 0 Å². The predicted octanol–water partition coefficient (Wildman–Crippen LogP) is 5.54. The largest absolute Gasteiger partial charge is 0.469 e. The SMILES string of the molecule is C/C=C(\C)C(=O)OC1c2c(C)coc2CC2CCC(OC(=O)/C=C/SC)C(C)C21C. The van der Waals surface area contributed by atoms with Gasteiger partial charge in [0.1, 0.15) is 18.0 Å². The first-order valence-corrected chi connectivity index (χ1v) is 11.8. The van der Waals surface area contributed by atoms with Gasteiger partial charge in [-0.1, -0.05) is 19.9 Å². The molecule has 0 radical (unpaired) electrons. The summed E-state index contributed by atoms with van der Waals surface area (Å²) in [5.41, 5.74) is 2.19. The maximum Gasteiger partial charge on any atom is 0.334 e. The Bertz CT molecular complexity index is 867. The summed E-state index contributed by atoms with van der Waals surface area (Å²) in [6.07, 6.45) is 8.73. The van der Waals surface area contributed by atoms with Gasteiger partial charge in [-0.25, -0.2) is 9.59 Å². The number of hydrogen-bond acceptors (Lipinski definition) is 6. The van der Waals surface area contributed by atoms with Crippen molar-refractivity contribution in [1.82, 2.24) is 0 Å². The zero-order valence-corrected chi connectivity index (χ0v) is 19.5. The Labute approximate surface area is 183 Å². The van der Waals surface area contributed by atoms with Crippen molar-refractivity contribution in [3.8, 4) is 0 Å². The highest BCUT2D eigenvalue weighted by Crippen LogP contribution is 2.60. The Kier molecular flexibility index (Phi) is 6.85. The molecule has 5 unspecified atom stereocenters. The minimum Gasteiger partial charge on any atom is -0.469 e. The number of ether oxygens (including phenoxy) is 2. The standard InChI is InChI=1S/C24H32O5S/c1-7-14(2)23(26)29-22-21-15(3)13-27-19(21)12-17-8-9-18(16(4)24(17,22)5)28-20(25)10-11-30-6/h7,10-11,13,16-18,22H,8-9,12H2,1-6H3/b11-10+,14-7+. The van der Waals surface area contributed by atoms with Crippen LogP contribution in [0.15, 0.2) is 33.8 Å². The van der Waals surface area contributed by atoms with E-state index in [1.54, 1.807) is 24.7 Å². The number of esters is 2. The Morgan fingerprint density at radius 1 is 1.30 bits per heavy atom. The molecule has 1 fully saturated rings. The van der Waals surface area contributed by atoms with Crippen LogP contribution in [0.25, 0.3) is 0 Å². The van der Waals surface area contributed by atoms with Crippen molar-refractivity contribution in [3.63, 3.8) is 0 Å².